The van der Waals surface area contributed by atoms with E-state index in [0.29, 0.717) is 21.5 Å². The van der Waals surface area contributed by atoms with Crippen molar-refractivity contribution in [2.45, 2.75) is 6.92 Å². The lowest BCUT2D eigenvalue weighted by Crippen LogP contribution is -1.96. The molecule has 2 aromatic heterocycles. The summed E-state index contributed by atoms with van der Waals surface area (Å²) in [5.74, 6) is 0.796. The van der Waals surface area contributed by atoms with Gasteiger partial charge < -0.3 is 4.74 Å². The van der Waals surface area contributed by atoms with Gasteiger partial charge in [-0.3, -0.25) is 0 Å². The summed E-state index contributed by atoms with van der Waals surface area (Å²) in [4.78, 5) is 4.37. The van der Waals surface area contributed by atoms with Gasteiger partial charge in [0, 0.05) is 11.1 Å². The average molecular weight is 308 g/mol. The molecule has 102 valence electrons. The molecule has 3 aromatic rings. The molecule has 0 saturated heterocycles. The smallest absolute Gasteiger partial charge is 0.166 e. The topological polar surface area (TPSA) is 39.4 Å². The molecular weight excluding hydrogens is 297 g/mol. The third-order valence-electron chi connectivity index (χ3n) is 3.15. The third kappa shape index (κ3) is 2.01. The number of ether oxygens (including phenoxy) is 1. The van der Waals surface area contributed by atoms with E-state index in [1.807, 2.05) is 31.2 Å². The van der Waals surface area contributed by atoms with Crippen LogP contribution in [0, 0.1) is 6.92 Å². The molecular formula is C14H11Cl2N3O. The van der Waals surface area contributed by atoms with Crippen molar-refractivity contribution >= 4 is 28.8 Å². The van der Waals surface area contributed by atoms with E-state index in [4.69, 9.17) is 27.9 Å². The van der Waals surface area contributed by atoms with Gasteiger partial charge in [-0.1, -0.05) is 35.3 Å². The summed E-state index contributed by atoms with van der Waals surface area (Å²) in [7, 11) is 1.63. The molecule has 0 aliphatic rings. The maximum atomic E-state index is 6.24. The molecule has 0 aliphatic heterocycles. The van der Waals surface area contributed by atoms with Gasteiger partial charge in [0.25, 0.3) is 0 Å². The Hall–Kier alpha value is -1.78. The Kier molecular flexibility index (Phi) is 3.28. The number of methoxy groups -OCH3 is 1. The number of benzene rings is 1. The molecule has 0 amide bonds. The highest BCUT2D eigenvalue weighted by molar-refractivity contribution is 6.34. The second-order valence-electron chi connectivity index (χ2n) is 4.34. The largest absolute Gasteiger partial charge is 0.497 e. The summed E-state index contributed by atoms with van der Waals surface area (Å²) in [6.07, 6.45) is 1.73. The minimum atomic E-state index is 0.387. The van der Waals surface area contributed by atoms with Crippen molar-refractivity contribution in [3.05, 3.63) is 46.3 Å². The van der Waals surface area contributed by atoms with Crippen molar-refractivity contribution in [2.75, 3.05) is 7.11 Å². The fourth-order valence-electron chi connectivity index (χ4n) is 1.99. The molecule has 20 heavy (non-hydrogen) atoms. The maximum Gasteiger partial charge on any atom is 0.166 e. The van der Waals surface area contributed by atoms with E-state index < -0.39 is 0 Å². The maximum absolute atomic E-state index is 6.24. The van der Waals surface area contributed by atoms with Gasteiger partial charge in [0.2, 0.25) is 0 Å². The Bertz CT molecular complexity index is 781. The minimum Gasteiger partial charge on any atom is -0.497 e. The lowest BCUT2D eigenvalue weighted by atomic mass is 10.1. The zero-order valence-electron chi connectivity index (χ0n) is 10.9. The number of hydrogen-bond acceptors (Lipinski definition) is 3. The van der Waals surface area contributed by atoms with E-state index in [1.165, 1.54) is 0 Å². The second-order valence-corrected chi connectivity index (χ2v) is 5.06. The van der Waals surface area contributed by atoms with Crippen molar-refractivity contribution < 1.29 is 4.74 Å². The number of rotatable bonds is 2. The van der Waals surface area contributed by atoms with Gasteiger partial charge in [0.1, 0.15) is 16.1 Å². The first kappa shape index (κ1) is 13.2. The number of fused-ring (bicyclic) bond motifs is 1. The van der Waals surface area contributed by atoms with E-state index in [9.17, 15) is 0 Å². The van der Waals surface area contributed by atoms with Crippen LogP contribution in [0.15, 0.2) is 30.5 Å². The quantitative estimate of drug-likeness (QED) is 0.671. The highest BCUT2D eigenvalue weighted by Crippen LogP contribution is 2.30. The van der Waals surface area contributed by atoms with E-state index in [-0.39, 0.29) is 0 Å². The van der Waals surface area contributed by atoms with Gasteiger partial charge in [-0.2, -0.15) is 5.10 Å². The second kappa shape index (κ2) is 4.96. The normalized spacial score (nSPS) is 11.0. The van der Waals surface area contributed by atoms with Crippen LogP contribution in [0.1, 0.15) is 5.56 Å². The summed E-state index contributed by atoms with van der Waals surface area (Å²) in [6.45, 7) is 1.81. The predicted octanol–water partition coefficient (Wildman–Crippen LogP) is 4.02. The Balaban J connectivity index is 2.21. The molecule has 2 heterocycles. The van der Waals surface area contributed by atoms with Crippen molar-refractivity contribution in [1.29, 1.82) is 0 Å². The Morgan fingerprint density at radius 1 is 1.15 bits per heavy atom. The molecule has 0 N–H and O–H groups in total. The minimum absolute atomic E-state index is 0.387. The van der Waals surface area contributed by atoms with Crippen LogP contribution < -0.4 is 4.74 Å². The Morgan fingerprint density at radius 2 is 1.85 bits per heavy atom. The Labute approximate surface area is 125 Å². The van der Waals surface area contributed by atoms with Gasteiger partial charge in [0.15, 0.2) is 5.65 Å². The molecule has 6 heteroatoms. The SMILES string of the molecule is COc1ccc(-c2cnn3c(Cl)c(C)c(Cl)nc23)cc1. The molecule has 0 spiro atoms. The summed E-state index contributed by atoms with van der Waals surface area (Å²) >= 11 is 12.3. The van der Waals surface area contributed by atoms with Crippen molar-refractivity contribution in [1.82, 2.24) is 14.6 Å². The fraction of sp³-hybridized carbons (Fsp3) is 0.143. The monoisotopic (exact) mass is 307 g/mol. The number of hydrogen-bond donors (Lipinski definition) is 0. The van der Waals surface area contributed by atoms with Gasteiger partial charge >= 0.3 is 0 Å². The van der Waals surface area contributed by atoms with Crippen molar-refractivity contribution in [2.24, 2.45) is 0 Å². The summed E-state index contributed by atoms with van der Waals surface area (Å²) in [5.41, 5.74) is 3.20. The lowest BCUT2D eigenvalue weighted by molar-refractivity contribution is 0.415. The number of nitrogens with zero attached hydrogens (tertiary/aromatic N) is 3. The molecule has 4 nitrogen and oxygen atoms in total. The predicted molar refractivity (Wildman–Crippen MR) is 79.7 cm³/mol. The van der Waals surface area contributed by atoms with E-state index >= 15 is 0 Å². The fourth-order valence-corrected chi connectivity index (χ4v) is 2.42. The first-order valence-electron chi connectivity index (χ1n) is 5.95. The molecule has 1 aromatic carbocycles. The summed E-state index contributed by atoms with van der Waals surface area (Å²) < 4.78 is 6.73. The zero-order chi connectivity index (χ0) is 14.3. The highest BCUT2D eigenvalue weighted by Gasteiger charge is 2.14. The van der Waals surface area contributed by atoms with E-state index in [1.54, 1.807) is 17.8 Å². The van der Waals surface area contributed by atoms with Crippen molar-refractivity contribution in [3.8, 4) is 16.9 Å². The highest BCUT2D eigenvalue weighted by atomic mass is 35.5. The molecule has 0 saturated carbocycles. The van der Waals surface area contributed by atoms with Gasteiger partial charge in [-0.15, -0.1) is 0 Å². The van der Waals surface area contributed by atoms with Crippen LogP contribution in [0.5, 0.6) is 5.75 Å². The first-order valence-corrected chi connectivity index (χ1v) is 6.71. The number of halogens is 2. The van der Waals surface area contributed by atoms with Gasteiger partial charge in [-0.05, 0) is 24.6 Å². The molecule has 0 radical (unpaired) electrons. The van der Waals surface area contributed by atoms with Crippen LogP contribution in [-0.4, -0.2) is 21.7 Å². The third-order valence-corrected chi connectivity index (χ3v) is 3.97. The molecule has 0 bridgehead atoms. The van der Waals surface area contributed by atoms with Gasteiger partial charge in [-0.25, -0.2) is 9.50 Å². The van der Waals surface area contributed by atoms with Crippen LogP contribution in [0.2, 0.25) is 10.3 Å². The van der Waals surface area contributed by atoms with Crippen LogP contribution >= 0.6 is 23.2 Å². The van der Waals surface area contributed by atoms with Gasteiger partial charge in [0.05, 0.1) is 13.3 Å². The average Bonchev–Trinajstić information content (AvgIpc) is 2.89. The van der Waals surface area contributed by atoms with Crippen LogP contribution in [0.3, 0.4) is 0 Å². The Morgan fingerprint density at radius 3 is 2.50 bits per heavy atom. The molecule has 0 aliphatic carbocycles. The van der Waals surface area contributed by atoms with E-state index in [2.05, 4.69) is 10.1 Å². The van der Waals surface area contributed by atoms with E-state index in [0.717, 1.165) is 16.9 Å². The molecule has 0 atom stereocenters. The lowest BCUT2D eigenvalue weighted by Gasteiger charge is -2.05. The number of aromatic nitrogens is 3. The molecule has 0 unspecified atom stereocenters. The first-order chi connectivity index (χ1) is 9.61. The zero-order valence-corrected chi connectivity index (χ0v) is 12.4. The van der Waals surface area contributed by atoms with Crippen LogP contribution in [0.25, 0.3) is 16.8 Å². The van der Waals surface area contributed by atoms with Crippen molar-refractivity contribution in [3.63, 3.8) is 0 Å². The van der Waals surface area contributed by atoms with Crippen LogP contribution in [-0.2, 0) is 0 Å². The molecule has 0 fully saturated rings. The standard InChI is InChI=1S/C14H11Cl2N3O/c1-8-12(15)18-14-11(7-17-19(14)13(8)16)9-3-5-10(20-2)6-4-9/h3-7H,1-2H3. The summed E-state index contributed by atoms with van der Waals surface area (Å²) in [6, 6.07) is 7.66. The van der Waals surface area contributed by atoms with Crippen LogP contribution in [0.4, 0.5) is 0 Å². The summed E-state index contributed by atoms with van der Waals surface area (Å²) in [5, 5.41) is 5.13. The molecule has 3 rings (SSSR count).